The van der Waals surface area contributed by atoms with Crippen LogP contribution in [0, 0.1) is 11.8 Å². The predicted octanol–water partition coefficient (Wildman–Crippen LogP) is 4.23. The SMILES string of the molecule is CC(C)[C@H]1C=C[C@@H](OC(=O)N(C(C)C)C(C)C)CC1. The molecule has 0 spiro atoms. The van der Waals surface area contributed by atoms with E-state index >= 15 is 0 Å². The van der Waals surface area contributed by atoms with E-state index in [9.17, 15) is 4.79 Å². The smallest absolute Gasteiger partial charge is 0.410 e. The molecule has 1 aliphatic rings. The summed E-state index contributed by atoms with van der Waals surface area (Å²) in [7, 11) is 0. The molecular weight excluding hydrogens is 238 g/mol. The lowest BCUT2D eigenvalue weighted by atomic mass is 9.86. The van der Waals surface area contributed by atoms with Crippen molar-refractivity contribution < 1.29 is 9.53 Å². The highest BCUT2D eigenvalue weighted by molar-refractivity contribution is 5.68. The van der Waals surface area contributed by atoms with E-state index in [1.165, 1.54) is 0 Å². The second-order valence-corrected chi connectivity index (χ2v) is 6.39. The molecule has 1 aliphatic carbocycles. The molecule has 0 radical (unpaired) electrons. The normalized spacial score (nSPS) is 23.2. The zero-order valence-corrected chi connectivity index (χ0v) is 13.2. The number of hydrogen-bond donors (Lipinski definition) is 0. The number of allylic oxidation sites excluding steroid dienone is 1. The lowest BCUT2D eigenvalue weighted by molar-refractivity contribution is 0.0534. The number of ether oxygens (including phenoxy) is 1. The van der Waals surface area contributed by atoms with Gasteiger partial charge in [0.15, 0.2) is 0 Å². The third-order valence-electron chi connectivity index (χ3n) is 3.79. The van der Waals surface area contributed by atoms with E-state index in [0.717, 1.165) is 12.8 Å². The van der Waals surface area contributed by atoms with Crippen molar-refractivity contribution in [3.05, 3.63) is 12.2 Å². The second-order valence-electron chi connectivity index (χ2n) is 6.39. The molecule has 0 aromatic rings. The van der Waals surface area contributed by atoms with Crippen LogP contribution in [0.1, 0.15) is 54.4 Å². The van der Waals surface area contributed by atoms with Crippen LogP contribution in [-0.2, 0) is 4.74 Å². The summed E-state index contributed by atoms with van der Waals surface area (Å²) >= 11 is 0. The molecule has 2 atom stereocenters. The van der Waals surface area contributed by atoms with Crippen molar-refractivity contribution in [1.82, 2.24) is 4.90 Å². The van der Waals surface area contributed by atoms with Gasteiger partial charge < -0.3 is 9.64 Å². The minimum atomic E-state index is -0.192. The minimum absolute atomic E-state index is 0.0532. The van der Waals surface area contributed by atoms with E-state index in [0.29, 0.717) is 11.8 Å². The van der Waals surface area contributed by atoms with E-state index in [4.69, 9.17) is 4.74 Å². The molecule has 0 unspecified atom stereocenters. The first-order chi connectivity index (χ1) is 8.82. The Labute approximate surface area is 118 Å². The molecule has 1 rings (SSSR count). The maximum Gasteiger partial charge on any atom is 0.410 e. The van der Waals surface area contributed by atoms with Gasteiger partial charge in [-0.05, 0) is 58.4 Å². The summed E-state index contributed by atoms with van der Waals surface area (Å²) in [4.78, 5) is 14.0. The van der Waals surface area contributed by atoms with Crippen LogP contribution in [0.3, 0.4) is 0 Å². The van der Waals surface area contributed by atoms with E-state index in [1.54, 1.807) is 4.90 Å². The summed E-state index contributed by atoms with van der Waals surface area (Å²) in [6.45, 7) is 12.6. The lowest BCUT2D eigenvalue weighted by Gasteiger charge is -2.32. The van der Waals surface area contributed by atoms with Crippen LogP contribution in [0.2, 0.25) is 0 Å². The summed E-state index contributed by atoms with van der Waals surface area (Å²) in [6.07, 6.45) is 6.07. The molecule has 0 aromatic heterocycles. The Balaban J connectivity index is 2.56. The van der Waals surface area contributed by atoms with Crippen molar-refractivity contribution in [2.24, 2.45) is 11.8 Å². The molecule has 19 heavy (non-hydrogen) atoms. The van der Waals surface area contributed by atoms with Crippen LogP contribution in [0.25, 0.3) is 0 Å². The Morgan fingerprint density at radius 1 is 1.05 bits per heavy atom. The highest BCUT2D eigenvalue weighted by Gasteiger charge is 2.26. The van der Waals surface area contributed by atoms with Crippen molar-refractivity contribution in [2.45, 2.75) is 72.6 Å². The fraction of sp³-hybridized carbons (Fsp3) is 0.812. The molecular formula is C16H29NO2. The number of nitrogens with zero attached hydrogens (tertiary/aromatic N) is 1. The summed E-state index contributed by atoms with van der Waals surface area (Å²) in [5, 5.41) is 0. The zero-order valence-electron chi connectivity index (χ0n) is 13.2. The third-order valence-corrected chi connectivity index (χ3v) is 3.79. The van der Waals surface area contributed by atoms with Gasteiger partial charge in [0.25, 0.3) is 0 Å². The highest BCUT2D eigenvalue weighted by atomic mass is 16.6. The molecule has 0 saturated carbocycles. The first-order valence-electron chi connectivity index (χ1n) is 7.50. The predicted molar refractivity (Wildman–Crippen MR) is 79.1 cm³/mol. The van der Waals surface area contributed by atoms with Gasteiger partial charge in [0.2, 0.25) is 0 Å². The number of amides is 1. The van der Waals surface area contributed by atoms with Crippen LogP contribution < -0.4 is 0 Å². The first kappa shape index (κ1) is 16.1. The average molecular weight is 267 g/mol. The standard InChI is InChI=1S/C16H29NO2/c1-11(2)14-7-9-15(10-8-14)19-16(18)17(12(3)4)13(5)6/h7,9,11-15H,8,10H2,1-6H3/t14-,15+/m0/s1. The molecule has 110 valence electrons. The number of carbonyl (C=O) groups is 1. The van der Waals surface area contributed by atoms with Crippen LogP contribution in [0.15, 0.2) is 12.2 Å². The molecule has 0 saturated heterocycles. The monoisotopic (exact) mass is 267 g/mol. The Hall–Kier alpha value is -0.990. The van der Waals surface area contributed by atoms with E-state index in [1.807, 2.05) is 27.7 Å². The van der Waals surface area contributed by atoms with Crippen molar-refractivity contribution in [3.8, 4) is 0 Å². The van der Waals surface area contributed by atoms with Crippen LogP contribution in [0.4, 0.5) is 4.79 Å². The summed E-state index contributed by atoms with van der Waals surface area (Å²) in [5.74, 6) is 1.29. The third kappa shape index (κ3) is 4.55. The van der Waals surface area contributed by atoms with Gasteiger partial charge in [-0.15, -0.1) is 0 Å². The van der Waals surface area contributed by atoms with Gasteiger partial charge >= 0.3 is 6.09 Å². The van der Waals surface area contributed by atoms with Gasteiger partial charge in [0.1, 0.15) is 6.10 Å². The largest absolute Gasteiger partial charge is 0.442 e. The number of hydrogen-bond acceptors (Lipinski definition) is 2. The Kier molecular flexibility index (Phi) is 5.89. The Morgan fingerprint density at radius 2 is 1.63 bits per heavy atom. The maximum absolute atomic E-state index is 12.2. The molecule has 0 fully saturated rings. The summed E-state index contributed by atoms with van der Waals surface area (Å²) in [6, 6.07) is 0.340. The summed E-state index contributed by atoms with van der Waals surface area (Å²) in [5.41, 5.74) is 0. The maximum atomic E-state index is 12.2. The second kappa shape index (κ2) is 6.97. The minimum Gasteiger partial charge on any atom is -0.442 e. The van der Waals surface area contributed by atoms with E-state index in [2.05, 4.69) is 26.0 Å². The van der Waals surface area contributed by atoms with Gasteiger partial charge in [-0.25, -0.2) is 4.79 Å². The van der Waals surface area contributed by atoms with Crippen LogP contribution in [-0.4, -0.2) is 29.2 Å². The fourth-order valence-electron chi connectivity index (χ4n) is 2.68. The quantitative estimate of drug-likeness (QED) is 0.713. The number of carbonyl (C=O) groups excluding carboxylic acids is 1. The number of rotatable bonds is 4. The highest BCUT2D eigenvalue weighted by Crippen LogP contribution is 2.26. The molecule has 0 bridgehead atoms. The summed E-state index contributed by atoms with van der Waals surface area (Å²) < 4.78 is 5.60. The zero-order chi connectivity index (χ0) is 14.6. The van der Waals surface area contributed by atoms with Crippen molar-refractivity contribution >= 4 is 6.09 Å². The fourth-order valence-corrected chi connectivity index (χ4v) is 2.68. The Bertz CT molecular complexity index is 313. The van der Waals surface area contributed by atoms with Gasteiger partial charge in [-0.1, -0.05) is 19.9 Å². The van der Waals surface area contributed by atoms with Gasteiger partial charge in [0.05, 0.1) is 0 Å². The van der Waals surface area contributed by atoms with E-state index in [-0.39, 0.29) is 24.3 Å². The van der Waals surface area contributed by atoms with Crippen LogP contribution in [0.5, 0.6) is 0 Å². The molecule has 1 amide bonds. The molecule has 0 N–H and O–H groups in total. The average Bonchev–Trinajstić information content (AvgIpc) is 2.28. The molecule has 0 aromatic carbocycles. The molecule has 0 heterocycles. The van der Waals surface area contributed by atoms with Gasteiger partial charge in [-0.3, -0.25) is 0 Å². The topological polar surface area (TPSA) is 29.5 Å². The Morgan fingerprint density at radius 3 is 2.00 bits per heavy atom. The first-order valence-corrected chi connectivity index (χ1v) is 7.50. The molecule has 3 heteroatoms. The van der Waals surface area contributed by atoms with Crippen molar-refractivity contribution in [3.63, 3.8) is 0 Å². The van der Waals surface area contributed by atoms with Crippen LogP contribution >= 0.6 is 0 Å². The van der Waals surface area contributed by atoms with Gasteiger partial charge in [-0.2, -0.15) is 0 Å². The van der Waals surface area contributed by atoms with Gasteiger partial charge in [0, 0.05) is 12.1 Å². The lowest BCUT2D eigenvalue weighted by Crippen LogP contribution is -2.43. The van der Waals surface area contributed by atoms with E-state index < -0.39 is 0 Å². The van der Waals surface area contributed by atoms with Crippen molar-refractivity contribution in [1.29, 1.82) is 0 Å². The molecule has 3 nitrogen and oxygen atoms in total. The van der Waals surface area contributed by atoms with Crippen molar-refractivity contribution in [2.75, 3.05) is 0 Å². The molecule has 0 aliphatic heterocycles.